The first-order valence-corrected chi connectivity index (χ1v) is 10.7. The van der Waals surface area contributed by atoms with E-state index in [-0.39, 0.29) is 18.5 Å². The predicted molar refractivity (Wildman–Crippen MR) is 108 cm³/mol. The Kier molecular flexibility index (Phi) is 9.15. The van der Waals surface area contributed by atoms with Crippen LogP contribution >= 0.6 is 0 Å². The third kappa shape index (κ3) is 7.55. The van der Waals surface area contributed by atoms with E-state index in [1.807, 2.05) is 37.3 Å². The van der Waals surface area contributed by atoms with Gasteiger partial charge in [-0.15, -0.1) is 0 Å². The minimum absolute atomic E-state index is 0.136. The van der Waals surface area contributed by atoms with Crippen molar-refractivity contribution in [3.05, 3.63) is 48.0 Å². The molecule has 2 aliphatic rings. The van der Waals surface area contributed by atoms with Crippen LogP contribution in [0.3, 0.4) is 0 Å². The molecule has 0 bridgehead atoms. The van der Waals surface area contributed by atoms with Crippen LogP contribution in [0.15, 0.2) is 42.5 Å². The number of rotatable bonds is 9. The Morgan fingerprint density at radius 3 is 2.41 bits per heavy atom. The summed E-state index contributed by atoms with van der Waals surface area (Å²) in [5, 5.41) is 0. The van der Waals surface area contributed by atoms with Crippen LogP contribution in [0.4, 0.5) is 0 Å². The van der Waals surface area contributed by atoms with Gasteiger partial charge in [0.1, 0.15) is 12.2 Å². The largest absolute Gasteiger partial charge is 0.456 e. The van der Waals surface area contributed by atoms with E-state index in [0.29, 0.717) is 18.8 Å². The van der Waals surface area contributed by atoms with Gasteiger partial charge in [0.2, 0.25) is 0 Å². The summed E-state index contributed by atoms with van der Waals surface area (Å²) >= 11 is 0. The number of carbonyl (C=O) groups is 1. The minimum atomic E-state index is -0.463. The van der Waals surface area contributed by atoms with Gasteiger partial charge in [-0.3, -0.25) is 0 Å². The van der Waals surface area contributed by atoms with Gasteiger partial charge >= 0.3 is 5.97 Å². The van der Waals surface area contributed by atoms with Crippen LogP contribution in [-0.2, 0) is 23.7 Å². The normalized spacial score (nSPS) is 24.9. The van der Waals surface area contributed by atoms with Gasteiger partial charge in [0.05, 0.1) is 12.2 Å². The summed E-state index contributed by atoms with van der Waals surface area (Å²) in [6.45, 7) is 3.71. The van der Waals surface area contributed by atoms with Crippen molar-refractivity contribution in [1.29, 1.82) is 0 Å². The van der Waals surface area contributed by atoms with E-state index in [1.54, 1.807) is 12.1 Å². The average Bonchev–Trinajstić information content (AvgIpc) is 2.77. The van der Waals surface area contributed by atoms with E-state index < -0.39 is 12.2 Å². The first kappa shape index (κ1) is 22.0. The maximum absolute atomic E-state index is 12.4. The van der Waals surface area contributed by atoms with E-state index >= 15 is 0 Å². The third-order valence-electron chi connectivity index (χ3n) is 5.05. The lowest BCUT2D eigenvalue weighted by molar-refractivity contribution is -0.193. The van der Waals surface area contributed by atoms with Gasteiger partial charge in [-0.1, -0.05) is 30.4 Å². The molecular weight excluding hydrogens is 372 g/mol. The number of hydrogen-bond acceptors (Lipinski definition) is 6. The summed E-state index contributed by atoms with van der Waals surface area (Å²) in [6.07, 6.45) is 8.62. The van der Waals surface area contributed by atoms with Gasteiger partial charge in [-0.2, -0.15) is 0 Å². The molecule has 6 heteroatoms. The Morgan fingerprint density at radius 1 is 1.07 bits per heavy atom. The number of ether oxygens (including phenoxy) is 5. The first-order valence-electron chi connectivity index (χ1n) is 10.7. The first-order chi connectivity index (χ1) is 14.2. The van der Waals surface area contributed by atoms with Crippen LogP contribution < -0.4 is 0 Å². The van der Waals surface area contributed by atoms with E-state index in [9.17, 15) is 4.79 Å². The maximum atomic E-state index is 12.4. The summed E-state index contributed by atoms with van der Waals surface area (Å²) in [4.78, 5) is 12.4. The highest BCUT2D eigenvalue weighted by molar-refractivity contribution is 5.89. The summed E-state index contributed by atoms with van der Waals surface area (Å²) in [5.41, 5.74) is 0.522. The fourth-order valence-electron chi connectivity index (χ4n) is 3.38. The Bertz CT molecular complexity index is 620. The fourth-order valence-corrected chi connectivity index (χ4v) is 3.38. The highest BCUT2D eigenvalue weighted by Gasteiger charge is 2.25. The Hall–Kier alpha value is -1.73. The van der Waals surface area contributed by atoms with Crippen LogP contribution in [-0.4, -0.2) is 50.6 Å². The monoisotopic (exact) mass is 404 g/mol. The van der Waals surface area contributed by atoms with Gasteiger partial charge in [0.15, 0.2) is 12.6 Å². The molecule has 0 amide bonds. The van der Waals surface area contributed by atoms with Gasteiger partial charge in [0.25, 0.3) is 0 Å². The highest BCUT2D eigenvalue weighted by Crippen LogP contribution is 2.19. The van der Waals surface area contributed by atoms with Gasteiger partial charge in [-0.05, 0) is 57.6 Å². The molecule has 160 valence electrons. The second-order valence-electron chi connectivity index (χ2n) is 7.43. The summed E-state index contributed by atoms with van der Waals surface area (Å²) < 4.78 is 28.8. The number of benzene rings is 1. The standard InChI is InChI=1S/C23H32O6/c1-18(28-23(24)19-10-3-2-4-11-19)20(29-22-14-6-8-16-27-22)12-9-17-26-21-13-5-7-15-25-21/h2-4,9-12,18,20-22H,5-8,13-17H2,1H3/b12-9+/t18-,20-,21?,22?/m0/s1. The van der Waals surface area contributed by atoms with E-state index in [1.165, 1.54) is 0 Å². The highest BCUT2D eigenvalue weighted by atomic mass is 16.7. The van der Waals surface area contributed by atoms with Crippen LogP contribution in [0.25, 0.3) is 0 Å². The second-order valence-corrected chi connectivity index (χ2v) is 7.43. The number of carbonyl (C=O) groups excluding carboxylic acids is 1. The molecule has 0 aliphatic carbocycles. The van der Waals surface area contributed by atoms with E-state index in [4.69, 9.17) is 23.7 Å². The Labute approximate surface area is 173 Å². The van der Waals surface area contributed by atoms with Crippen LogP contribution in [0.2, 0.25) is 0 Å². The molecule has 0 aromatic heterocycles. The molecule has 1 aromatic carbocycles. The molecule has 29 heavy (non-hydrogen) atoms. The molecule has 2 aliphatic heterocycles. The topological polar surface area (TPSA) is 63.2 Å². The fraction of sp³-hybridized carbons (Fsp3) is 0.609. The number of hydrogen-bond donors (Lipinski definition) is 0. The van der Waals surface area contributed by atoms with Crippen molar-refractivity contribution >= 4 is 5.97 Å². The van der Waals surface area contributed by atoms with Crippen LogP contribution in [0.1, 0.15) is 55.8 Å². The summed E-state index contributed by atoms with van der Waals surface area (Å²) in [5.74, 6) is -0.364. The molecule has 0 radical (unpaired) electrons. The van der Waals surface area contributed by atoms with Crippen molar-refractivity contribution in [2.45, 2.75) is 70.2 Å². The van der Waals surface area contributed by atoms with Crippen molar-refractivity contribution in [3.8, 4) is 0 Å². The summed E-state index contributed by atoms with van der Waals surface area (Å²) in [6, 6.07) is 8.97. The quantitative estimate of drug-likeness (QED) is 0.453. The van der Waals surface area contributed by atoms with E-state index in [2.05, 4.69) is 0 Å². The zero-order chi connectivity index (χ0) is 20.3. The van der Waals surface area contributed by atoms with Crippen LogP contribution in [0, 0.1) is 0 Å². The molecule has 2 fully saturated rings. The van der Waals surface area contributed by atoms with Gasteiger partial charge < -0.3 is 23.7 Å². The maximum Gasteiger partial charge on any atom is 0.338 e. The molecule has 6 nitrogen and oxygen atoms in total. The average molecular weight is 405 g/mol. The molecule has 2 unspecified atom stereocenters. The molecule has 0 N–H and O–H groups in total. The molecule has 3 rings (SSSR count). The van der Waals surface area contributed by atoms with Gasteiger partial charge in [-0.25, -0.2) is 4.79 Å². The van der Waals surface area contributed by atoms with Crippen LogP contribution in [0.5, 0.6) is 0 Å². The van der Waals surface area contributed by atoms with Crippen molar-refractivity contribution in [3.63, 3.8) is 0 Å². The second kappa shape index (κ2) is 12.1. The molecule has 0 saturated carbocycles. The SMILES string of the molecule is C[C@H](OC(=O)c1ccccc1)[C@H](/C=C/COC1CCCCO1)OC1CCCCO1. The Balaban J connectivity index is 1.55. The Morgan fingerprint density at radius 2 is 1.76 bits per heavy atom. The van der Waals surface area contributed by atoms with Crippen molar-refractivity contribution in [2.75, 3.05) is 19.8 Å². The smallest absolute Gasteiger partial charge is 0.338 e. The summed E-state index contributed by atoms with van der Waals surface area (Å²) in [7, 11) is 0. The van der Waals surface area contributed by atoms with E-state index in [0.717, 1.165) is 45.1 Å². The molecular formula is C23H32O6. The third-order valence-corrected chi connectivity index (χ3v) is 5.05. The molecule has 0 spiro atoms. The zero-order valence-corrected chi connectivity index (χ0v) is 17.2. The molecule has 2 heterocycles. The van der Waals surface area contributed by atoms with Crippen molar-refractivity contribution in [2.24, 2.45) is 0 Å². The molecule has 4 atom stereocenters. The molecule has 2 saturated heterocycles. The lowest BCUT2D eigenvalue weighted by Gasteiger charge is -2.29. The van der Waals surface area contributed by atoms with Crippen molar-refractivity contribution in [1.82, 2.24) is 0 Å². The van der Waals surface area contributed by atoms with Gasteiger partial charge in [0, 0.05) is 13.2 Å². The molecule has 1 aromatic rings. The predicted octanol–water partition coefficient (Wildman–Crippen LogP) is 4.24. The lowest BCUT2D eigenvalue weighted by atomic mass is 10.1. The zero-order valence-electron chi connectivity index (χ0n) is 17.2. The van der Waals surface area contributed by atoms with Crippen molar-refractivity contribution < 1.29 is 28.5 Å². The minimum Gasteiger partial charge on any atom is -0.456 e. The number of esters is 1. The lowest BCUT2D eigenvalue weighted by Crippen LogP contribution is -2.35.